The van der Waals surface area contributed by atoms with Gasteiger partial charge in [0.1, 0.15) is 5.75 Å². The van der Waals surface area contributed by atoms with E-state index in [4.69, 9.17) is 4.74 Å². The van der Waals surface area contributed by atoms with Crippen molar-refractivity contribution < 1.29 is 4.74 Å². The molecule has 0 saturated carbocycles. The molecule has 1 heterocycles. The Hall–Kier alpha value is -1.84. The van der Waals surface area contributed by atoms with Crippen molar-refractivity contribution in [3.63, 3.8) is 0 Å². The van der Waals surface area contributed by atoms with E-state index < -0.39 is 0 Å². The quantitative estimate of drug-likeness (QED) is 0.884. The molecule has 2 aromatic carbocycles. The van der Waals surface area contributed by atoms with E-state index in [9.17, 15) is 0 Å². The minimum atomic E-state index is 0.0282. The lowest BCUT2D eigenvalue weighted by Crippen LogP contribution is -2.55. The maximum atomic E-state index is 5.47. The molecule has 1 aliphatic rings. The minimum absolute atomic E-state index is 0.0282. The number of methoxy groups -OCH3 is 1. The van der Waals surface area contributed by atoms with Gasteiger partial charge in [-0.3, -0.25) is 0 Å². The van der Waals surface area contributed by atoms with Crippen LogP contribution in [0.25, 0.3) is 0 Å². The Morgan fingerprint density at radius 2 is 1.87 bits per heavy atom. The summed E-state index contributed by atoms with van der Waals surface area (Å²) < 4.78 is 5.47. The van der Waals surface area contributed by atoms with Crippen LogP contribution in [0, 0.1) is 0 Å². The van der Waals surface area contributed by atoms with Gasteiger partial charge < -0.3 is 15.4 Å². The second-order valence-electron chi connectivity index (χ2n) is 6.48. The summed E-state index contributed by atoms with van der Waals surface area (Å²) in [6, 6.07) is 19.3. The van der Waals surface area contributed by atoms with E-state index in [1.54, 1.807) is 7.11 Å². The lowest BCUT2D eigenvalue weighted by atomic mass is 9.80. The van der Waals surface area contributed by atoms with Crippen molar-refractivity contribution in [3.8, 4) is 5.75 Å². The highest BCUT2D eigenvalue weighted by Crippen LogP contribution is 2.33. The number of para-hydroxylation sites is 1. The third-order valence-corrected chi connectivity index (χ3v) is 4.87. The Morgan fingerprint density at radius 3 is 2.65 bits per heavy atom. The highest BCUT2D eigenvalue weighted by Gasteiger charge is 2.36. The summed E-state index contributed by atoms with van der Waals surface area (Å²) in [4.78, 5) is 0. The van der Waals surface area contributed by atoms with Crippen molar-refractivity contribution in [1.82, 2.24) is 10.6 Å². The van der Waals surface area contributed by atoms with E-state index in [2.05, 4.69) is 60.0 Å². The lowest BCUT2D eigenvalue weighted by Gasteiger charge is -2.43. The Labute approximate surface area is 139 Å². The molecule has 0 aromatic heterocycles. The topological polar surface area (TPSA) is 33.3 Å². The molecule has 0 radical (unpaired) electrons. The molecular formula is C20H26N2O. The van der Waals surface area contributed by atoms with Gasteiger partial charge in [-0.15, -0.1) is 0 Å². The molecule has 0 spiro atoms. The zero-order chi connectivity index (χ0) is 16.1. The van der Waals surface area contributed by atoms with Crippen molar-refractivity contribution in [2.45, 2.75) is 37.9 Å². The second kappa shape index (κ2) is 7.16. The van der Waals surface area contributed by atoms with E-state index in [0.29, 0.717) is 6.04 Å². The van der Waals surface area contributed by atoms with Gasteiger partial charge in [0.15, 0.2) is 0 Å². The highest BCUT2D eigenvalue weighted by atomic mass is 16.5. The molecule has 2 N–H and O–H groups in total. The van der Waals surface area contributed by atoms with Gasteiger partial charge in [-0.05, 0) is 37.9 Å². The van der Waals surface area contributed by atoms with Gasteiger partial charge in [0.2, 0.25) is 0 Å². The standard InChI is InChI=1S/C20H26N2O/c1-20(22-15-17-11-6-7-12-18(17)23-2)13-8-14-21-19(20)16-9-4-3-5-10-16/h3-7,9-12,19,21-22H,8,13-15H2,1-2H3. The first kappa shape index (κ1) is 16.0. The van der Waals surface area contributed by atoms with Gasteiger partial charge in [-0.2, -0.15) is 0 Å². The Balaban J connectivity index is 1.78. The van der Waals surface area contributed by atoms with Gasteiger partial charge in [-0.25, -0.2) is 0 Å². The normalized spacial score (nSPS) is 24.3. The molecule has 122 valence electrons. The third-order valence-electron chi connectivity index (χ3n) is 4.87. The lowest BCUT2D eigenvalue weighted by molar-refractivity contribution is 0.196. The summed E-state index contributed by atoms with van der Waals surface area (Å²) in [6.45, 7) is 4.21. The number of benzene rings is 2. The fourth-order valence-corrected chi connectivity index (χ4v) is 3.54. The highest BCUT2D eigenvalue weighted by molar-refractivity contribution is 5.33. The molecule has 2 aromatic rings. The van der Waals surface area contributed by atoms with Crippen molar-refractivity contribution in [3.05, 3.63) is 65.7 Å². The first-order valence-electron chi connectivity index (χ1n) is 8.38. The maximum Gasteiger partial charge on any atom is 0.123 e. The van der Waals surface area contributed by atoms with Gasteiger partial charge >= 0.3 is 0 Å². The third kappa shape index (κ3) is 3.57. The largest absolute Gasteiger partial charge is 0.496 e. The van der Waals surface area contributed by atoms with Crippen LogP contribution in [-0.4, -0.2) is 19.2 Å². The molecule has 1 fully saturated rings. The minimum Gasteiger partial charge on any atom is -0.496 e. The molecule has 2 atom stereocenters. The molecule has 23 heavy (non-hydrogen) atoms. The van der Waals surface area contributed by atoms with Gasteiger partial charge in [0.05, 0.1) is 13.2 Å². The Morgan fingerprint density at radius 1 is 1.13 bits per heavy atom. The monoisotopic (exact) mass is 310 g/mol. The zero-order valence-corrected chi connectivity index (χ0v) is 14.0. The molecule has 2 unspecified atom stereocenters. The number of ether oxygens (including phenoxy) is 1. The molecule has 0 bridgehead atoms. The Kier molecular flexibility index (Phi) is 4.99. The summed E-state index contributed by atoms with van der Waals surface area (Å²) in [5.74, 6) is 0.948. The number of nitrogens with one attached hydrogen (secondary N) is 2. The fourth-order valence-electron chi connectivity index (χ4n) is 3.54. The van der Waals surface area contributed by atoms with Crippen molar-refractivity contribution >= 4 is 0 Å². The predicted molar refractivity (Wildman–Crippen MR) is 94.7 cm³/mol. The van der Waals surface area contributed by atoms with Crippen LogP contribution in [0.5, 0.6) is 5.75 Å². The van der Waals surface area contributed by atoms with E-state index in [0.717, 1.165) is 25.3 Å². The summed E-state index contributed by atoms with van der Waals surface area (Å²) in [7, 11) is 1.73. The van der Waals surface area contributed by atoms with Crippen LogP contribution in [0.15, 0.2) is 54.6 Å². The van der Waals surface area contributed by atoms with Crippen molar-refractivity contribution in [2.75, 3.05) is 13.7 Å². The summed E-state index contributed by atoms with van der Waals surface area (Å²) in [5, 5.41) is 7.49. The number of rotatable bonds is 5. The molecular weight excluding hydrogens is 284 g/mol. The van der Waals surface area contributed by atoms with Crippen LogP contribution < -0.4 is 15.4 Å². The predicted octanol–water partition coefficient (Wildman–Crippen LogP) is 3.67. The average molecular weight is 310 g/mol. The van der Waals surface area contributed by atoms with E-state index >= 15 is 0 Å². The molecule has 1 aliphatic heterocycles. The molecule has 3 nitrogen and oxygen atoms in total. The first-order valence-corrected chi connectivity index (χ1v) is 8.38. The van der Waals surface area contributed by atoms with Crippen LogP contribution in [0.3, 0.4) is 0 Å². The average Bonchev–Trinajstić information content (AvgIpc) is 2.61. The maximum absolute atomic E-state index is 5.47. The smallest absolute Gasteiger partial charge is 0.123 e. The van der Waals surface area contributed by atoms with Crippen molar-refractivity contribution in [2.24, 2.45) is 0 Å². The summed E-state index contributed by atoms with van der Waals surface area (Å²) in [5.41, 5.74) is 2.58. The van der Waals surface area contributed by atoms with Crippen molar-refractivity contribution in [1.29, 1.82) is 0 Å². The second-order valence-corrected chi connectivity index (χ2v) is 6.48. The van der Waals surface area contributed by atoms with Crippen LogP contribution in [-0.2, 0) is 6.54 Å². The van der Waals surface area contributed by atoms with Crippen LogP contribution in [0.1, 0.15) is 36.9 Å². The molecule has 0 amide bonds. The van der Waals surface area contributed by atoms with Gasteiger partial charge in [-0.1, -0.05) is 48.5 Å². The number of piperidine rings is 1. The first-order chi connectivity index (χ1) is 11.2. The molecule has 0 aliphatic carbocycles. The van der Waals surface area contributed by atoms with E-state index in [1.165, 1.54) is 17.5 Å². The SMILES string of the molecule is COc1ccccc1CNC1(C)CCCNC1c1ccccc1. The van der Waals surface area contributed by atoms with E-state index in [1.807, 2.05) is 12.1 Å². The van der Waals surface area contributed by atoms with Gasteiger partial charge in [0, 0.05) is 17.6 Å². The van der Waals surface area contributed by atoms with Crippen LogP contribution >= 0.6 is 0 Å². The zero-order valence-electron chi connectivity index (χ0n) is 14.0. The van der Waals surface area contributed by atoms with Gasteiger partial charge in [0.25, 0.3) is 0 Å². The molecule has 1 saturated heterocycles. The summed E-state index contributed by atoms with van der Waals surface area (Å²) in [6.07, 6.45) is 2.35. The van der Waals surface area contributed by atoms with Crippen LogP contribution in [0.4, 0.5) is 0 Å². The number of hydrogen-bond acceptors (Lipinski definition) is 3. The summed E-state index contributed by atoms with van der Waals surface area (Å²) >= 11 is 0. The van der Waals surface area contributed by atoms with Crippen LogP contribution in [0.2, 0.25) is 0 Å². The molecule has 3 heteroatoms. The van der Waals surface area contributed by atoms with E-state index in [-0.39, 0.29) is 5.54 Å². The molecule has 3 rings (SSSR count). The fraction of sp³-hybridized carbons (Fsp3) is 0.400. The Bertz CT molecular complexity index is 629. The number of hydrogen-bond donors (Lipinski definition) is 2.